The van der Waals surface area contributed by atoms with E-state index in [0.717, 1.165) is 0 Å². The van der Waals surface area contributed by atoms with Crippen molar-refractivity contribution in [3.8, 4) is 0 Å². The summed E-state index contributed by atoms with van der Waals surface area (Å²) in [6.45, 7) is 5.05. The minimum Gasteiger partial charge on any atom is -0.341 e. The molecule has 3 aliphatic rings. The lowest BCUT2D eigenvalue weighted by Gasteiger charge is -2.47. The van der Waals surface area contributed by atoms with E-state index in [1.807, 2.05) is 0 Å². The molecule has 0 spiro atoms. The Labute approximate surface area is 227 Å². The minimum atomic E-state index is -0.360. The van der Waals surface area contributed by atoms with E-state index in [2.05, 4.69) is 135 Å². The maximum Gasteiger partial charge on any atom is 0.166 e. The van der Waals surface area contributed by atoms with Crippen molar-refractivity contribution < 1.29 is 9.47 Å². The molecule has 3 heterocycles. The molecule has 38 heavy (non-hydrogen) atoms. The molecule has 4 aromatic carbocycles. The number of benzene rings is 4. The monoisotopic (exact) mass is 518 g/mol. The van der Waals surface area contributed by atoms with E-state index in [4.69, 9.17) is 9.47 Å². The number of hydrogen-bond donors (Lipinski definition) is 0. The molecule has 7 rings (SSSR count). The van der Waals surface area contributed by atoms with Gasteiger partial charge in [-0.15, -0.1) is 0 Å². The van der Waals surface area contributed by atoms with Gasteiger partial charge in [0.05, 0.1) is 0 Å². The number of hydrogen-bond acceptors (Lipinski definition) is 2. The van der Waals surface area contributed by atoms with Gasteiger partial charge in [0.2, 0.25) is 0 Å². The maximum absolute atomic E-state index is 7.06. The third-order valence-corrected chi connectivity index (χ3v) is 13.3. The fourth-order valence-electron chi connectivity index (χ4n) is 7.64. The molecule has 3 aliphatic heterocycles. The van der Waals surface area contributed by atoms with Crippen LogP contribution in [-0.4, -0.2) is 18.1 Å². The number of fused-ring (bicyclic) bond motifs is 2. The van der Waals surface area contributed by atoms with Gasteiger partial charge in [0.15, 0.2) is 6.29 Å². The highest BCUT2D eigenvalue weighted by atomic mass is 31.1. The second-order valence-electron chi connectivity index (χ2n) is 11.5. The van der Waals surface area contributed by atoms with Gasteiger partial charge in [-0.25, -0.2) is 0 Å². The van der Waals surface area contributed by atoms with E-state index in [0.29, 0.717) is 23.2 Å². The van der Waals surface area contributed by atoms with Crippen molar-refractivity contribution in [3.05, 3.63) is 144 Å². The van der Waals surface area contributed by atoms with Crippen molar-refractivity contribution in [2.45, 2.75) is 49.6 Å². The van der Waals surface area contributed by atoms with E-state index >= 15 is 0 Å². The first-order valence-electron chi connectivity index (χ1n) is 13.9. The summed E-state index contributed by atoms with van der Waals surface area (Å²) < 4.78 is 14.1. The van der Waals surface area contributed by atoms with Crippen molar-refractivity contribution in [2.75, 3.05) is 6.16 Å². The largest absolute Gasteiger partial charge is 0.341 e. The van der Waals surface area contributed by atoms with E-state index in [1.165, 1.54) is 28.4 Å². The van der Waals surface area contributed by atoms with Gasteiger partial charge >= 0.3 is 0 Å². The van der Waals surface area contributed by atoms with E-state index in [-0.39, 0.29) is 31.8 Å². The topological polar surface area (TPSA) is 18.5 Å². The predicted octanol–water partition coefficient (Wildman–Crippen LogP) is 8.89. The highest BCUT2D eigenvalue weighted by Crippen LogP contribution is 2.82. The van der Waals surface area contributed by atoms with E-state index < -0.39 is 0 Å². The third kappa shape index (κ3) is 3.89. The maximum atomic E-state index is 7.06. The summed E-state index contributed by atoms with van der Waals surface area (Å²) in [6.07, 6.45) is 0.802. The summed E-state index contributed by atoms with van der Waals surface area (Å²) in [5.41, 5.74) is 6.43. The van der Waals surface area contributed by atoms with Crippen LogP contribution in [0.1, 0.15) is 59.9 Å². The summed E-state index contributed by atoms with van der Waals surface area (Å²) in [7, 11) is -0.360. The van der Waals surface area contributed by atoms with Crippen LogP contribution in [0, 0.1) is 11.3 Å². The summed E-state index contributed by atoms with van der Waals surface area (Å²) in [4.78, 5) is 0. The van der Waals surface area contributed by atoms with Gasteiger partial charge in [-0.3, -0.25) is 0 Å². The van der Waals surface area contributed by atoms with Crippen LogP contribution >= 0.6 is 7.92 Å². The Bertz CT molecular complexity index is 1310. The lowest BCUT2D eigenvalue weighted by atomic mass is 9.64. The van der Waals surface area contributed by atoms with Gasteiger partial charge in [-0.05, 0) is 39.7 Å². The molecule has 3 saturated heterocycles. The molecule has 2 nitrogen and oxygen atoms in total. The van der Waals surface area contributed by atoms with Crippen LogP contribution in [0.15, 0.2) is 121 Å². The minimum absolute atomic E-state index is 0.115. The molecule has 0 amide bonds. The Morgan fingerprint density at radius 1 is 0.605 bits per heavy atom. The summed E-state index contributed by atoms with van der Waals surface area (Å²) in [5, 5.41) is 0. The number of rotatable bonds is 5. The Balaban J connectivity index is 1.32. The summed E-state index contributed by atoms with van der Waals surface area (Å²) in [5.74, 6) is 1.02. The molecule has 0 N–H and O–H groups in total. The molecular weight excluding hydrogens is 483 g/mol. The normalized spacial score (nSPS) is 34.5. The van der Waals surface area contributed by atoms with Crippen LogP contribution in [0.5, 0.6) is 0 Å². The average molecular weight is 519 g/mol. The quantitative estimate of drug-likeness (QED) is 0.246. The first-order valence-corrected chi connectivity index (χ1v) is 15.6. The summed E-state index contributed by atoms with van der Waals surface area (Å²) >= 11 is 0. The second kappa shape index (κ2) is 9.76. The Morgan fingerprint density at radius 2 is 1.03 bits per heavy atom. The van der Waals surface area contributed by atoms with Crippen molar-refractivity contribution in [1.29, 1.82) is 0 Å². The zero-order valence-corrected chi connectivity index (χ0v) is 23.0. The molecule has 4 aromatic rings. The lowest BCUT2D eigenvalue weighted by molar-refractivity contribution is -0.0785. The van der Waals surface area contributed by atoms with E-state index in [1.54, 1.807) is 0 Å². The van der Waals surface area contributed by atoms with Crippen molar-refractivity contribution in [3.63, 3.8) is 0 Å². The molecule has 0 aromatic heterocycles. The zero-order valence-electron chi connectivity index (χ0n) is 22.1. The van der Waals surface area contributed by atoms with Crippen LogP contribution < -0.4 is 0 Å². The molecule has 6 unspecified atom stereocenters. The molecule has 0 aliphatic carbocycles. The summed E-state index contributed by atoms with van der Waals surface area (Å²) in [6, 6.07) is 43.8. The molecule has 3 fully saturated rings. The standard InChI is InChI=1S/C35H35O2P/c1-24-32(28-21-13-6-14-22-28)38-23-35(24,2)29(25-15-7-3-8-16-25)33(38)34-36-30(26-17-9-4-10-18-26)31(37-34)27-19-11-5-12-20-27/h3-22,24,29-34H,23H2,1-2H3/t24?,29?,30-,31-,32?,33?,35?,38?/m0/s1. The Morgan fingerprint density at radius 3 is 1.50 bits per heavy atom. The van der Waals surface area contributed by atoms with Gasteiger partial charge in [0.1, 0.15) is 12.2 Å². The first-order chi connectivity index (χ1) is 18.6. The molecule has 192 valence electrons. The van der Waals surface area contributed by atoms with Gasteiger partial charge < -0.3 is 9.47 Å². The Kier molecular flexibility index (Phi) is 6.24. The molecule has 3 heteroatoms. The van der Waals surface area contributed by atoms with Crippen molar-refractivity contribution >= 4 is 7.92 Å². The molecule has 8 atom stereocenters. The van der Waals surface area contributed by atoms with Crippen molar-refractivity contribution in [1.82, 2.24) is 0 Å². The van der Waals surface area contributed by atoms with Gasteiger partial charge in [-0.2, -0.15) is 0 Å². The van der Waals surface area contributed by atoms with Gasteiger partial charge in [0.25, 0.3) is 0 Å². The van der Waals surface area contributed by atoms with Crippen LogP contribution in [0.4, 0.5) is 0 Å². The van der Waals surface area contributed by atoms with Crippen LogP contribution in [0.3, 0.4) is 0 Å². The van der Waals surface area contributed by atoms with Crippen LogP contribution in [0.2, 0.25) is 0 Å². The molecular formula is C35H35O2P. The fraction of sp³-hybridized carbons (Fsp3) is 0.314. The van der Waals surface area contributed by atoms with Crippen molar-refractivity contribution in [2.24, 2.45) is 11.3 Å². The lowest BCUT2D eigenvalue weighted by Crippen LogP contribution is -2.42. The highest BCUT2D eigenvalue weighted by Gasteiger charge is 2.66. The van der Waals surface area contributed by atoms with Crippen LogP contribution in [0.25, 0.3) is 0 Å². The van der Waals surface area contributed by atoms with Crippen LogP contribution in [-0.2, 0) is 9.47 Å². The molecule has 0 saturated carbocycles. The average Bonchev–Trinajstić information content (AvgIpc) is 3.62. The highest BCUT2D eigenvalue weighted by molar-refractivity contribution is 7.59. The molecule has 2 bridgehead atoms. The zero-order chi connectivity index (χ0) is 25.7. The Hall–Kier alpha value is -2.77. The smallest absolute Gasteiger partial charge is 0.166 e. The SMILES string of the molecule is CC1C(c2ccccc2)P2CC1(C)C(c1ccccc1)C2C1O[C@@H](c2ccccc2)[C@H](c2ccccc2)O1. The first kappa shape index (κ1) is 24.3. The van der Waals surface area contributed by atoms with E-state index in [9.17, 15) is 0 Å². The van der Waals surface area contributed by atoms with Gasteiger partial charge in [-0.1, -0.05) is 143 Å². The third-order valence-electron chi connectivity index (χ3n) is 9.50. The fourth-order valence-corrected chi connectivity index (χ4v) is 12.5. The number of ether oxygens (including phenoxy) is 2. The second-order valence-corrected chi connectivity index (χ2v) is 14.0. The predicted molar refractivity (Wildman–Crippen MR) is 156 cm³/mol. The molecule has 0 radical (unpaired) electrons. The van der Waals surface area contributed by atoms with Gasteiger partial charge in [0, 0.05) is 17.2 Å².